The predicted molar refractivity (Wildman–Crippen MR) is 87.3 cm³/mol. The fourth-order valence-corrected chi connectivity index (χ4v) is 3.36. The van der Waals surface area contributed by atoms with Crippen LogP contribution in [0.4, 0.5) is 0 Å². The minimum absolute atomic E-state index is 0.278. The normalized spacial score (nSPS) is 16.1. The molecule has 2 nitrogen and oxygen atoms in total. The maximum absolute atomic E-state index is 12.6. The maximum Gasteiger partial charge on any atom is 0.227 e. The van der Waals surface area contributed by atoms with Gasteiger partial charge in [-0.2, -0.15) is 0 Å². The first-order valence-corrected chi connectivity index (χ1v) is 8.74. The highest BCUT2D eigenvalue weighted by Gasteiger charge is 2.24. The van der Waals surface area contributed by atoms with Crippen LogP contribution in [0, 0.1) is 6.92 Å². The van der Waals surface area contributed by atoms with Gasteiger partial charge in [0.25, 0.3) is 0 Å². The van der Waals surface area contributed by atoms with E-state index in [0.29, 0.717) is 12.5 Å². The molecule has 0 saturated heterocycles. The fourth-order valence-electron chi connectivity index (χ4n) is 2.98. The summed E-state index contributed by atoms with van der Waals surface area (Å²) in [4.78, 5) is 14.7. The van der Waals surface area contributed by atoms with Crippen LogP contribution in [0.3, 0.4) is 0 Å². The first-order valence-electron chi connectivity index (χ1n) is 7.61. The molecule has 1 fully saturated rings. The van der Waals surface area contributed by atoms with Gasteiger partial charge in [-0.3, -0.25) is 4.79 Å². The van der Waals surface area contributed by atoms with Crippen LogP contribution in [0.25, 0.3) is 0 Å². The number of nitrogens with zero attached hydrogens (tertiary/aromatic N) is 1. The molecule has 0 aromatic heterocycles. The molecule has 1 aromatic rings. The van der Waals surface area contributed by atoms with E-state index < -0.39 is 0 Å². The number of hydrogen-bond donors (Lipinski definition) is 0. The van der Waals surface area contributed by atoms with Crippen LogP contribution < -0.4 is 0 Å². The van der Waals surface area contributed by atoms with Crippen LogP contribution in [0.2, 0.25) is 0 Å². The summed E-state index contributed by atoms with van der Waals surface area (Å²) in [6, 6.07) is 8.76. The zero-order valence-electron chi connectivity index (χ0n) is 12.3. The lowest BCUT2D eigenvalue weighted by Gasteiger charge is -2.34. The molecule has 1 amide bonds. The summed E-state index contributed by atoms with van der Waals surface area (Å²) in [6.45, 7) is 2.90. The van der Waals surface area contributed by atoms with Gasteiger partial charge in [0.1, 0.15) is 0 Å². The lowest BCUT2D eigenvalue weighted by Crippen LogP contribution is -2.43. The van der Waals surface area contributed by atoms with Crippen molar-refractivity contribution < 1.29 is 4.79 Å². The van der Waals surface area contributed by atoms with E-state index in [1.807, 2.05) is 0 Å². The molecule has 0 heterocycles. The molecule has 0 radical (unpaired) electrons. The van der Waals surface area contributed by atoms with E-state index >= 15 is 0 Å². The molecule has 20 heavy (non-hydrogen) atoms. The van der Waals surface area contributed by atoms with Crippen molar-refractivity contribution in [2.24, 2.45) is 0 Å². The molecule has 2 rings (SSSR count). The number of carbonyl (C=O) groups is 1. The van der Waals surface area contributed by atoms with Crippen molar-refractivity contribution in [1.29, 1.82) is 0 Å². The summed E-state index contributed by atoms with van der Waals surface area (Å²) in [6.07, 6.45) is 6.73. The molecular formula is C17H24BrNO. The van der Waals surface area contributed by atoms with E-state index in [2.05, 4.69) is 52.0 Å². The smallest absolute Gasteiger partial charge is 0.227 e. The molecule has 1 aliphatic carbocycles. The Morgan fingerprint density at radius 3 is 2.45 bits per heavy atom. The van der Waals surface area contributed by atoms with Crippen LogP contribution in [0.5, 0.6) is 0 Å². The molecule has 0 aliphatic heterocycles. The second kappa shape index (κ2) is 7.82. The third-order valence-electron chi connectivity index (χ3n) is 4.14. The molecular weight excluding hydrogens is 314 g/mol. The van der Waals surface area contributed by atoms with Crippen molar-refractivity contribution in [3.05, 3.63) is 35.4 Å². The number of hydrogen-bond acceptors (Lipinski definition) is 1. The van der Waals surface area contributed by atoms with Crippen LogP contribution >= 0.6 is 15.9 Å². The molecule has 3 heteroatoms. The molecule has 0 N–H and O–H groups in total. The Balaban J connectivity index is 2.00. The summed E-state index contributed by atoms with van der Waals surface area (Å²) >= 11 is 3.49. The third kappa shape index (κ3) is 4.34. The van der Waals surface area contributed by atoms with Gasteiger partial charge < -0.3 is 4.90 Å². The number of amides is 1. The summed E-state index contributed by atoms with van der Waals surface area (Å²) in [5, 5.41) is 0.864. The van der Waals surface area contributed by atoms with Gasteiger partial charge in [-0.15, -0.1) is 0 Å². The van der Waals surface area contributed by atoms with Crippen molar-refractivity contribution in [2.45, 2.75) is 51.5 Å². The van der Waals surface area contributed by atoms with Crippen molar-refractivity contribution in [2.75, 3.05) is 11.9 Å². The quantitative estimate of drug-likeness (QED) is 0.741. The lowest BCUT2D eigenvalue weighted by atomic mass is 9.93. The lowest BCUT2D eigenvalue weighted by molar-refractivity contribution is -0.133. The zero-order valence-corrected chi connectivity index (χ0v) is 13.9. The molecule has 1 saturated carbocycles. The van der Waals surface area contributed by atoms with Gasteiger partial charge in [-0.25, -0.2) is 0 Å². The third-order valence-corrected chi connectivity index (χ3v) is 4.49. The standard InChI is InChI=1S/C17H24BrNO/c1-14-7-9-15(10-8-14)13-17(20)19(12-11-18)16-5-3-2-4-6-16/h7-10,16H,2-6,11-13H2,1H3. The Labute approximate surface area is 130 Å². The van der Waals surface area contributed by atoms with Crippen LogP contribution in [-0.2, 0) is 11.2 Å². The Morgan fingerprint density at radius 1 is 1.20 bits per heavy atom. The summed E-state index contributed by atoms with van der Waals surface area (Å²) in [5.41, 5.74) is 2.36. The molecule has 110 valence electrons. The van der Waals surface area contributed by atoms with E-state index in [0.717, 1.165) is 17.4 Å². The number of halogens is 1. The Kier molecular flexibility index (Phi) is 6.08. The second-order valence-electron chi connectivity index (χ2n) is 5.73. The second-order valence-corrected chi connectivity index (χ2v) is 6.52. The fraction of sp³-hybridized carbons (Fsp3) is 0.588. The maximum atomic E-state index is 12.6. The average Bonchev–Trinajstić information content (AvgIpc) is 2.48. The Bertz CT molecular complexity index is 423. The Morgan fingerprint density at radius 2 is 1.85 bits per heavy atom. The molecule has 0 spiro atoms. The minimum atomic E-state index is 0.278. The number of rotatable bonds is 5. The molecule has 0 bridgehead atoms. The van der Waals surface area contributed by atoms with Crippen molar-refractivity contribution >= 4 is 21.8 Å². The molecule has 0 unspecified atom stereocenters. The predicted octanol–water partition coefficient (Wildman–Crippen LogP) is 4.09. The summed E-state index contributed by atoms with van der Waals surface area (Å²) in [7, 11) is 0. The molecule has 1 aliphatic rings. The van der Waals surface area contributed by atoms with Gasteiger partial charge in [0.2, 0.25) is 5.91 Å². The van der Waals surface area contributed by atoms with Crippen molar-refractivity contribution in [3.8, 4) is 0 Å². The van der Waals surface area contributed by atoms with Crippen LogP contribution in [0.1, 0.15) is 43.2 Å². The first-order chi connectivity index (χ1) is 9.70. The largest absolute Gasteiger partial charge is 0.339 e. The van der Waals surface area contributed by atoms with Crippen molar-refractivity contribution in [3.63, 3.8) is 0 Å². The van der Waals surface area contributed by atoms with Gasteiger partial charge >= 0.3 is 0 Å². The SMILES string of the molecule is Cc1ccc(CC(=O)N(CCBr)C2CCCCC2)cc1. The number of aryl methyl sites for hydroxylation is 1. The number of carbonyl (C=O) groups excluding carboxylic acids is 1. The summed E-state index contributed by atoms with van der Waals surface area (Å²) < 4.78 is 0. The number of alkyl halides is 1. The van der Waals surface area contributed by atoms with Crippen LogP contribution in [0.15, 0.2) is 24.3 Å². The van der Waals surface area contributed by atoms with Crippen LogP contribution in [-0.4, -0.2) is 28.7 Å². The van der Waals surface area contributed by atoms with Gasteiger partial charge in [0, 0.05) is 17.9 Å². The van der Waals surface area contributed by atoms with E-state index in [-0.39, 0.29) is 5.91 Å². The zero-order chi connectivity index (χ0) is 14.4. The highest BCUT2D eigenvalue weighted by atomic mass is 79.9. The van der Waals surface area contributed by atoms with Gasteiger partial charge in [0.05, 0.1) is 6.42 Å². The Hall–Kier alpha value is -0.830. The highest BCUT2D eigenvalue weighted by molar-refractivity contribution is 9.09. The summed E-state index contributed by atoms with van der Waals surface area (Å²) in [5.74, 6) is 0.278. The van der Waals surface area contributed by atoms with E-state index in [1.165, 1.54) is 37.7 Å². The van der Waals surface area contributed by atoms with Gasteiger partial charge in [-0.1, -0.05) is 65.0 Å². The average molecular weight is 338 g/mol. The minimum Gasteiger partial charge on any atom is -0.339 e. The van der Waals surface area contributed by atoms with Gasteiger partial charge in [-0.05, 0) is 25.3 Å². The van der Waals surface area contributed by atoms with E-state index in [1.54, 1.807) is 0 Å². The molecule has 1 aromatic carbocycles. The topological polar surface area (TPSA) is 20.3 Å². The van der Waals surface area contributed by atoms with Crippen molar-refractivity contribution in [1.82, 2.24) is 4.90 Å². The van der Waals surface area contributed by atoms with E-state index in [4.69, 9.17) is 0 Å². The number of benzene rings is 1. The van der Waals surface area contributed by atoms with E-state index in [9.17, 15) is 4.79 Å². The van der Waals surface area contributed by atoms with Gasteiger partial charge in [0.15, 0.2) is 0 Å². The highest BCUT2D eigenvalue weighted by Crippen LogP contribution is 2.23. The first kappa shape index (κ1) is 15.6. The molecule has 0 atom stereocenters. The monoisotopic (exact) mass is 337 g/mol.